The summed E-state index contributed by atoms with van der Waals surface area (Å²) in [5.41, 5.74) is 0.742. The van der Waals surface area contributed by atoms with Crippen LogP contribution >= 0.6 is 11.6 Å². The molecule has 2 rings (SSSR count). The van der Waals surface area contributed by atoms with E-state index in [1.807, 2.05) is 19.2 Å². The highest BCUT2D eigenvalue weighted by Gasteiger charge is 2.27. The van der Waals surface area contributed by atoms with E-state index in [0.29, 0.717) is 5.02 Å². The van der Waals surface area contributed by atoms with Crippen LogP contribution in [0.1, 0.15) is 16.8 Å². The number of carbonyl (C=O) groups is 1. The number of nitrogens with zero attached hydrogens (tertiary/aromatic N) is 2. The lowest BCUT2D eigenvalue weighted by Gasteiger charge is -2.26. The van der Waals surface area contributed by atoms with Crippen molar-refractivity contribution >= 4 is 17.4 Å². The van der Waals surface area contributed by atoms with E-state index in [2.05, 4.69) is 16.8 Å². The molecule has 0 aliphatic carbocycles. The van der Waals surface area contributed by atoms with Gasteiger partial charge in [-0.1, -0.05) is 11.6 Å². The standard InChI is InChI=1S/C14H19ClN2O/c1-16-8-3-9-17(2)13(10-16)14(18)11-4-6-12(15)7-5-11/h4-7,13H,3,8-10H2,1-2H3. The second kappa shape index (κ2) is 5.83. The Kier molecular flexibility index (Phi) is 4.38. The Balaban J connectivity index is 2.17. The molecule has 1 aliphatic rings. The average Bonchev–Trinajstić information content (AvgIpc) is 2.51. The van der Waals surface area contributed by atoms with Gasteiger partial charge in [0.2, 0.25) is 0 Å². The van der Waals surface area contributed by atoms with Gasteiger partial charge < -0.3 is 4.90 Å². The van der Waals surface area contributed by atoms with Crippen molar-refractivity contribution in [3.8, 4) is 0 Å². The Labute approximate surface area is 113 Å². The molecular formula is C14H19ClN2O. The van der Waals surface area contributed by atoms with Crippen LogP contribution in [0.15, 0.2) is 24.3 Å². The van der Waals surface area contributed by atoms with Gasteiger partial charge in [0.25, 0.3) is 0 Å². The molecule has 4 heteroatoms. The van der Waals surface area contributed by atoms with E-state index in [-0.39, 0.29) is 11.8 Å². The largest absolute Gasteiger partial charge is 0.304 e. The van der Waals surface area contributed by atoms with Crippen LogP contribution < -0.4 is 0 Å². The maximum Gasteiger partial charge on any atom is 0.181 e. The molecule has 1 saturated heterocycles. The summed E-state index contributed by atoms with van der Waals surface area (Å²) in [5.74, 6) is 0.183. The maximum absolute atomic E-state index is 12.5. The lowest BCUT2D eigenvalue weighted by molar-refractivity contribution is 0.0839. The molecule has 1 heterocycles. The van der Waals surface area contributed by atoms with E-state index in [0.717, 1.165) is 31.6 Å². The second-order valence-electron chi connectivity index (χ2n) is 4.98. The van der Waals surface area contributed by atoms with Gasteiger partial charge in [0.05, 0.1) is 6.04 Å². The third-order valence-electron chi connectivity index (χ3n) is 3.50. The molecule has 0 aromatic heterocycles. The van der Waals surface area contributed by atoms with Gasteiger partial charge in [0, 0.05) is 17.1 Å². The zero-order chi connectivity index (χ0) is 13.1. The second-order valence-corrected chi connectivity index (χ2v) is 5.42. The number of ketones is 1. The molecule has 0 bridgehead atoms. The zero-order valence-corrected chi connectivity index (χ0v) is 11.7. The number of hydrogen-bond donors (Lipinski definition) is 0. The van der Waals surface area contributed by atoms with Crippen LogP contribution in [0.2, 0.25) is 5.02 Å². The molecule has 1 aliphatic heterocycles. The van der Waals surface area contributed by atoms with E-state index in [1.54, 1.807) is 12.1 Å². The van der Waals surface area contributed by atoms with Crippen molar-refractivity contribution in [3.05, 3.63) is 34.9 Å². The summed E-state index contributed by atoms with van der Waals surface area (Å²) < 4.78 is 0. The minimum Gasteiger partial charge on any atom is -0.304 e. The first kappa shape index (κ1) is 13.5. The number of likely N-dealkylation sites (N-methyl/N-ethyl adjacent to an activating group) is 2. The Hall–Kier alpha value is -0.900. The van der Waals surface area contributed by atoms with Gasteiger partial charge in [-0.2, -0.15) is 0 Å². The van der Waals surface area contributed by atoms with E-state index in [9.17, 15) is 4.79 Å². The molecule has 0 N–H and O–H groups in total. The van der Waals surface area contributed by atoms with Crippen molar-refractivity contribution < 1.29 is 4.79 Å². The molecule has 0 amide bonds. The summed E-state index contributed by atoms with van der Waals surface area (Å²) in [7, 11) is 4.10. The van der Waals surface area contributed by atoms with Crippen LogP contribution in [-0.2, 0) is 0 Å². The highest BCUT2D eigenvalue weighted by Crippen LogP contribution is 2.15. The predicted octanol–water partition coefficient (Wildman–Crippen LogP) is 2.16. The van der Waals surface area contributed by atoms with E-state index in [4.69, 9.17) is 11.6 Å². The van der Waals surface area contributed by atoms with E-state index < -0.39 is 0 Å². The van der Waals surface area contributed by atoms with Crippen molar-refractivity contribution in [1.82, 2.24) is 9.80 Å². The van der Waals surface area contributed by atoms with Crippen LogP contribution in [0.3, 0.4) is 0 Å². The van der Waals surface area contributed by atoms with Crippen LogP contribution in [0.25, 0.3) is 0 Å². The van der Waals surface area contributed by atoms with Gasteiger partial charge in [-0.3, -0.25) is 9.69 Å². The summed E-state index contributed by atoms with van der Waals surface area (Å²) >= 11 is 5.85. The number of carbonyl (C=O) groups excluding carboxylic acids is 1. The smallest absolute Gasteiger partial charge is 0.181 e. The SMILES string of the molecule is CN1CCCN(C)C(C(=O)c2ccc(Cl)cc2)C1. The Morgan fingerprint density at radius 2 is 1.89 bits per heavy atom. The number of benzene rings is 1. The van der Waals surface area contributed by atoms with Crippen molar-refractivity contribution in [2.45, 2.75) is 12.5 Å². The molecule has 1 atom stereocenters. The van der Waals surface area contributed by atoms with Gasteiger partial charge in [0.15, 0.2) is 5.78 Å². The topological polar surface area (TPSA) is 23.6 Å². The molecule has 0 saturated carbocycles. The summed E-state index contributed by atoms with van der Waals surface area (Å²) in [4.78, 5) is 16.9. The first-order valence-electron chi connectivity index (χ1n) is 6.26. The number of rotatable bonds is 2. The lowest BCUT2D eigenvalue weighted by Crippen LogP contribution is -2.43. The molecule has 1 fully saturated rings. The van der Waals surface area contributed by atoms with Crippen molar-refractivity contribution in [3.63, 3.8) is 0 Å². The third kappa shape index (κ3) is 3.10. The van der Waals surface area contributed by atoms with Crippen LogP contribution in [-0.4, -0.2) is 55.4 Å². The highest BCUT2D eigenvalue weighted by atomic mass is 35.5. The molecule has 0 spiro atoms. The molecule has 18 heavy (non-hydrogen) atoms. The molecule has 1 aromatic carbocycles. The van der Waals surface area contributed by atoms with Crippen LogP contribution in [0.4, 0.5) is 0 Å². The molecule has 3 nitrogen and oxygen atoms in total. The van der Waals surface area contributed by atoms with Crippen LogP contribution in [0.5, 0.6) is 0 Å². The van der Waals surface area contributed by atoms with E-state index >= 15 is 0 Å². The lowest BCUT2D eigenvalue weighted by atomic mass is 10.0. The third-order valence-corrected chi connectivity index (χ3v) is 3.75. The van der Waals surface area contributed by atoms with Gasteiger partial charge in [-0.15, -0.1) is 0 Å². The normalized spacial score (nSPS) is 22.7. The van der Waals surface area contributed by atoms with Gasteiger partial charge >= 0.3 is 0 Å². The predicted molar refractivity (Wildman–Crippen MR) is 74.3 cm³/mol. The first-order valence-corrected chi connectivity index (χ1v) is 6.64. The molecule has 1 aromatic rings. The van der Waals surface area contributed by atoms with Gasteiger partial charge in [-0.25, -0.2) is 0 Å². The summed E-state index contributed by atoms with van der Waals surface area (Å²) in [6.07, 6.45) is 1.11. The quantitative estimate of drug-likeness (QED) is 0.767. The number of hydrogen-bond acceptors (Lipinski definition) is 3. The minimum atomic E-state index is -0.0568. The van der Waals surface area contributed by atoms with Gasteiger partial charge in [0.1, 0.15) is 0 Å². The van der Waals surface area contributed by atoms with Crippen molar-refractivity contribution in [1.29, 1.82) is 0 Å². The average molecular weight is 267 g/mol. The number of Topliss-reactive ketones (excluding diaryl/α,β-unsaturated/α-hetero) is 1. The van der Waals surface area contributed by atoms with Crippen molar-refractivity contribution in [2.24, 2.45) is 0 Å². The fraction of sp³-hybridized carbons (Fsp3) is 0.500. The fourth-order valence-electron chi connectivity index (χ4n) is 2.36. The summed E-state index contributed by atoms with van der Waals surface area (Å²) in [5, 5.41) is 0.665. The van der Waals surface area contributed by atoms with Crippen LogP contribution in [0, 0.1) is 0 Å². The fourth-order valence-corrected chi connectivity index (χ4v) is 2.49. The zero-order valence-electron chi connectivity index (χ0n) is 10.9. The molecule has 98 valence electrons. The highest BCUT2D eigenvalue weighted by molar-refractivity contribution is 6.30. The minimum absolute atomic E-state index is 0.0568. The molecular weight excluding hydrogens is 248 g/mol. The molecule has 1 unspecified atom stereocenters. The Morgan fingerprint density at radius 1 is 1.22 bits per heavy atom. The van der Waals surface area contributed by atoms with Crippen molar-refractivity contribution in [2.75, 3.05) is 33.7 Å². The monoisotopic (exact) mass is 266 g/mol. The van der Waals surface area contributed by atoms with E-state index in [1.165, 1.54) is 0 Å². The molecule has 0 radical (unpaired) electrons. The Bertz CT molecular complexity index is 418. The summed E-state index contributed by atoms with van der Waals surface area (Å²) in [6, 6.07) is 7.11. The Morgan fingerprint density at radius 3 is 2.56 bits per heavy atom. The number of halogens is 1. The first-order chi connectivity index (χ1) is 8.58. The maximum atomic E-state index is 12.5. The van der Waals surface area contributed by atoms with Gasteiger partial charge in [-0.05, 0) is 57.9 Å². The summed E-state index contributed by atoms with van der Waals surface area (Å²) in [6.45, 7) is 2.81.